The van der Waals surface area contributed by atoms with Crippen LogP contribution in [0.3, 0.4) is 0 Å². The van der Waals surface area contributed by atoms with Crippen LogP contribution in [0.5, 0.6) is 0 Å². The van der Waals surface area contributed by atoms with Crippen molar-refractivity contribution in [3.8, 4) is 0 Å². The van der Waals surface area contributed by atoms with Gasteiger partial charge in [-0.2, -0.15) is 0 Å². The number of nitrogens with two attached hydrogens (primary N) is 1. The Balaban J connectivity index is 1.87. The molecule has 3 aromatic rings. The molecule has 0 fully saturated rings. The average Bonchev–Trinajstić information content (AvgIpc) is 2.98. The number of rotatable bonds is 5. The van der Waals surface area contributed by atoms with Gasteiger partial charge in [0, 0.05) is 18.9 Å². The number of fused-ring (bicyclic) bond motifs is 1. The molecule has 3 rings (SSSR count). The van der Waals surface area contributed by atoms with E-state index in [9.17, 15) is 8.78 Å². The van der Waals surface area contributed by atoms with Crippen molar-refractivity contribution in [3.05, 3.63) is 47.1 Å². The molecule has 22 heavy (non-hydrogen) atoms. The molecule has 0 saturated carbocycles. The summed E-state index contributed by atoms with van der Waals surface area (Å²) >= 11 is 1.23. The average molecular weight is 321 g/mol. The lowest BCUT2D eigenvalue weighted by Gasteiger charge is -2.06. The molecule has 0 aliphatic rings. The topological polar surface area (TPSA) is 76.7 Å². The van der Waals surface area contributed by atoms with Crippen LogP contribution >= 0.6 is 11.3 Å². The summed E-state index contributed by atoms with van der Waals surface area (Å²) in [6, 6.07) is 4.62. The second kappa shape index (κ2) is 6.29. The number of hydrogen-bond donors (Lipinski definition) is 2. The van der Waals surface area contributed by atoms with Gasteiger partial charge in [-0.25, -0.2) is 18.7 Å². The third-order valence-corrected chi connectivity index (χ3v) is 4.16. The molecule has 0 aliphatic heterocycles. The fourth-order valence-corrected chi connectivity index (χ4v) is 2.91. The van der Waals surface area contributed by atoms with Crippen LogP contribution in [0.15, 0.2) is 30.6 Å². The van der Waals surface area contributed by atoms with Crippen molar-refractivity contribution in [3.63, 3.8) is 0 Å². The zero-order valence-electron chi connectivity index (χ0n) is 11.5. The fraction of sp³-hybridized carbons (Fsp3) is 0.214. The highest BCUT2D eigenvalue weighted by Gasteiger charge is 2.16. The first-order chi connectivity index (χ1) is 10.7. The summed E-state index contributed by atoms with van der Waals surface area (Å²) in [5.41, 5.74) is 6.16. The standard InChI is InChI=1S/C14H13F2N5S/c15-8-2-1-4-18-10(8)7-20-13-12-11(3-5-19-13)22-14(21-12)9(16)6-17/h1-5,9H,6-7,17H2,(H,19,20)/t9-/m1/s1. The van der Waals surface area contributed by atoms with Gasteiger partial charge in [0.25, 0.3) is 0 Å². The van der Waals surface area contributed by atoms with Crippen molar-refractivity contribution in [1.82, 2.24) is 15.0 Å². The van der Waals surface area contributed by atoms with Gasteiger partial charge in [-0.05, 0) is 18.2 Å². The van der Waals surface area contributed by atoms with Gasteiger partial charge in [-0.1, -0.05) is 0 Å². The van der Waals surface area contributed by atoms with Gasteiger partial charge < -0.3 is 11.1 Å². The Kier molecular flexibility index (Phi) is 4.21. The lowest BCUT2D eigenvalue weighted by atomic mass is 10.3. The Hall–Kier alpha value is -2.19. The minimum atomic E-state index is -1.29. The first kappa shape index (κ1) is 14.7. The predicted octanol–water partition coefficient (Wildman–Crippen LogP) is 2.81. The van der Waals surface area contributed by atoms with Gasteiger partial charge in [0.1, 0.15) is 16.3 Å². The third kappa shape index (κ3) is 2.88. The maximum absolute atomic E-state index is 13.7. The zero-order valence-corrected chi connectivity index (χ0v) is 12.3. The molecule has 0 aliphatic carbocycles. The summed E-state index contributed by atoms with van der Waals surface area (Å²) in [5.74, 6) is 0.0716. The van der Waals surface area contributed by atoms with Crippen LogP contribution in [-0.2, 0) is 6.54 Å². The Bertz CT molecular complexity index is 792. The number of thiazole rings is 1. The maximum atomic E-state index is 13.7. The van der Waals surface area contributed by atoms with E-state index in [0.717, 1.165) is 4.70 Å². The molecular weight excluding hydrogens is 308 g/mol. The number of nitrogens with one attached hydrogen (secondary N) is 1. The van der Waals surface area contributed by atoms with Gasteiger partial charge in [0.15, 0.2) is 12.0 Å². The van der Waals surface area contributed by atoms with Crippen molar-refractivity contribution >= 4 is 27.4 Å². The van der Waals surface area contributed by atoms with Gasteiger partial charge in [-0.3, -0.25) is 4.98 Å². The molecule has 8 heteroatoms. The van der Waals surface area contributed by atoms with E-state index in [4.69, 9.17) is 5.73 Å². The van der Waals surface area contributed by atoms with Gasteiger partial charge >= 0.3 is 0 Å². The molecule has 3 N–H and O–H groups in total. The molecule has 114 valence electrons. The normalized spacial score (nSPS) is 12.5. The van der Waals surface area contributed by atoms with Gasteiger partial charge in [-0.15, -0.1) is 11.3 Å². The van der Waals surface area contributed by atoms with Crippen LogP contribution in [0.2, 0.25) is 0 Å². The highest BCUT2D eigenvalue weighted by molar-refractivity contribution is 7.18. The largest absolute Gasteiger partial charge is 0.362 e. The van der Waals surface area contributed by atoms with Gasteiger partial charge in [0.2, 0.25) is 0 Å². The second-order valence-electron chi connectivity index (χ2n) is 4.55. The van der Waals surface area contributed by atoms with Crippen molar-refractivity contribution in [2.75, 3.05) is 11.9 Å². The molecular formula is C14H13F2N5S. The molecule has 5 nitrogen and oxygen atoms in total. The minimum Gasteiger partial charge on any atom is -0.362 e. The summed E-state index contributed by atoms with van der Waals surface area (Å²) in [6.07, 6.45) is 1.82. The molecule has 0 bridgehead atoms. The van der Waals surface area contributed by atoms with E-state index in [-0.39, 0.29) is 18.8 Å². The molecule has 0 radical (unpaired) electrons. The predicted molar refractivity (Wildman–Crippen MR) is 81.8 cm³/mol. The van der Waals surface area contributed by atoms with E-state index in [2.05, 4.69) is 20.3 Å². The Labute approximate surface area is 129 Å². The smallest absolute Gasteiger partial charge is 0.164 e. The highest BCUT2D eigenvalue weighted by Crippen LogP contribution is 2.31. The molecule has 0 unspecified atom stereocenters. The van der Waals surface area contributed by atoms with E-state index in [0.29, 0.717) is 16.3 Å². The summed E-state index contributed by atoms with van der Waals surface area (Å²) in [7, 11) is 0. The van der Waals surface area contributed by atoms with E-state index >= 15 is 0 Å². The summed E-state index contributed by atoms with van der Waals surface area (Å²) in [5, 5.41) is 3.31. The molecule has 0 amide bonds. The molecule has 3 heterocycles. The molecule has 3 aromatic heterocycles. The number of halogens is 2. The molecule has 0 aromatic carbocycles. The van der Waals surface area contributed by atoms with Crippen molar-refractivity contribution in [1.29, 1.82) is 0 Å². The van der Waals surface area contributed by atoms with Crippen LogP contribution in [0.1, 0.15) is 16.9 Å². The van der Waals surface area contributed by atoms with Crippen molar-refractivity contribution in [2.45, 2.75) is 12.7 Å². The lowest BCUT2D eigenvalue weighted by molar-refractivity contribution is 0.352. The quantitative estimate of drug-likeness (QED) is 0.755. The van der Waals surface area contributed by atoms with Crippen LogP contribution in [0, 0.1) is 5.82 Å². The number of aromatic nitrogens is 3. The first-order valence-corrected chi connectivity index (χ1v) is 7.43. The van der Waals surface area contributed by atoms with E-state index in [1.807, 2.05) is 0 Å². The van der Waals surface area contributed by atoms with Crippen LogP contribution in [0.4, 0.5) is 14.6 Å². The lowest BCUT2D eigenvalue weighted by Crippen LogP contribution is -2.07. The first-order valence-electron chi connectivity index (χ1n) is 6.62. The van der Waals surface area contributed by atoms with Crippen molar-refractivity contribution < 1.29 is 8.78 Å². The van der Waals surface area contributed by atoms with Crippen molar-refractivity contribution in [2.24, 2.45) is 5.73 Å². The van der Waals surface area contributed by atoms with E-state index in [1.54, 1.807) is 12.3 Å². The van der Waals surface area contributed by atoms with Crippen LogP contribution < -0.4 is 11.1 Å². The Morgan fingerprint density at radius 1 is 1.27 bits per heavy atom. The molecule has 0 spiro atoms. The number of alkyl halides is 1. The summed E-state index contributed by atoms with van der Waals surface area (Å²) < 4.78 is 28.0. The number of nitrogens with zero attached hydrogens (tertiary/aromatic N) is 3. The van der Waals surface area contributed by atoms with Gasteiger partial charge in [0.05, 0.1) is 16.9 Å². The number of anilines is 1. The van der Waals surface area contributed by atoms with E-state index in [1.165, 1.54) is 29.7 Å². The Morgan fingerprint density at radius 3 is 2.91 bits per heavy atom. The number of pyridine rings is 2. The summed E-state index contributed by atoms with van der Waals surface area (Å²) in [4.78, 5) is 12.4. The Morgan fingerprint density at radius 2 is 2.14 bits per heavy atom. The van der Waals surface area contributed by atoms with E-state index < -0.39 is 12.0 Å². The molecule has 1 atom stereocenters. The van der Waals surface area contributed by atoms with Crippen LogP contribution in [0.25, 0.3) is 10.2 Å². The third-order valence-electron chi connectivity index (χ3n) is 3.06. The summed E-state index contributed by atoms with van der Waals surface area (Å²) in [6.45, 7) is 0.0523. The zero-order chi connectivity index (χ0) is 15.5. The molecule has 0 saturated heterocycles. The van der Waals surface area contributed by atoms with Crippen LogP contribution in [-0.4, -0.2) is 21.5 Å². The SMILES string of the molecule is NC[C@@H](F)c1nc2c(NCc3ncccc3F)nccc2s1. The minimum absolute atomic E-state index is 0.116. The highest BCUT2D eigenvalue weighted by atomic mass is 32.1. The monoisotopic (exact) mass is 321 g/mol. The fourth-order valence-electron chi connectivity index (χ4n) is 1.95. The maximum Gasteiger partial charge on any atom is 0.164 e. The number of hydrogen-bond acceptors (Lipinski definition) is 6. The second-order valence-corrected chi connectivity index (χ2v) is 5.61.